The minimum absolute atomic E-state index is 0.0602. The molecule has 0 aliphatic carbocycles. The van der Waals surface area contributed by atoms with Crippen molar-refractivity contribution in [2.24, 2.45) is 0 Å². The van der Waals surface area contributed by atoms with Crippen LogP contribution in [0.15, 0.2) is 67.1 Å². The second-order valence-electron chi connectivity index (χ2n) is 6.41. The lowest BCUT2D eigenvalue weighted by Crippen LogP contribution is -2.42. The Kier molecular flexibility index (Phi) is 5.43. The van der Waals surface area contributed by atoms with E-state index in [4.69, 9.17) is 0 Å². The van der Waals surface area contributed by atoms with Gasteiger partial charge in [-0.05, 0) is 44.8 Å². The van der Waals surface area contributed by atoms with Crippen molar-refractivity contribution < 1.29 is 4.79 Å². The summed E-state index contributed by atoms with van der Waals surface area (Å²) in [7, 11) is 4.03. The number of pyridine rings is 1. The van der Waals surface area contributed by atoms with E-state index in [9.17, 15) is 4.79 Å². The van der Waals surface area contributed by atoms with E-state index >= 15 is 0 Å². The number of nitrogens with one attached hydrogen (secondary N) is 1. The van der Waals surface area contributed by atoms with Gasteiger partial charge in [0.1, 0.15) is 0 Å². The van der Waals surface area contributed by atoms with Gasteiger partial charge in [0.05, 0.1) is 11.6 Å². The summed E-state index contributed by atoms with van der Waals surface area (Å²) >= 11 is 0. The molecule has 3 aromatic rings. The van der Waals surface area contributed by atoms with Crippen LogP contribution in [0.5, 0.6) is 0 Å². The molecule has 1 amide bonds. The molecular weight excluding hydrogens is 326 g/mol. The first-order chi connectivity index (χ1) is 12.6. The molecule has 0 aliphatic rings. The molecule has 2 atom stereocenters. The van der Waals surface area contributed by atoms with Crippen molar-refractivity contribution in [3.63, 3.8) is 0 Å². The van der Waals surface area contributed by atoms with E-state index in [0.717, 1.165) is 5.56 Å². The van der Waals surface area contributed by atoms with Crippen molar-refractivity contribution in [1.29, 1.82) is 0 Å². The molecule has 0 saturated carbocycles. The predicted molar refractivity (Wildman–Crippen MR) is 101 cm³/mol. The second-order valence-corrected chi connectivity index (χ2v) is 6.41. The van der Waals surface area contributed by atoms with Gasteiger partial charge in [-0.3, -0.25) is 4.79 Å². The zero-order valence-corrected chi connectivity index (χ0v) is 15.2. The van der Waals surface area contributed by atoms with Gasteiger partial charge in [-0.1, -0.05) is 30.3 Å². The van der Waals surface area contributed by atoms with Crippen LogP contribution in [-0.4, -0.2) is 45.7 Å². The summed E-state index contributed by atoms with van der Waals surface area (Å²) in [6.07, 6.45) is 5.09. The van der Waals surface area contributed by atoms with Gasteiger partial charge in [-0.15, -0.1) is 0 Å². The van der Waals surface area contributed by atoms with E-state index in [1.54, 1.807) is 41.5 Å². The number of aromatic nitrogens is 3. The van der Waals surface area contributed by atoms with Gasteiger partial charge in [0.2, 0.25) is 0 Å². The Bertz CT molecular complexity index is 846. The van der Waals surface area contributed by atoms with Crippen molar-refractivity contribution in [3.8, 4) is 5.82 Å². The summed E-state index contributed by atoms with van der Waals surface area (Å²) in [5.41, 5.74) is 1.65. The van der Waals surface area contributed by atoms with Gasteiger partial charge in [0, 0.05) is 24.6 Å². The molecule has 0 spiro atoms. The van der Waals surface area contributed by atoms with Crippen LogP contribution in [0.25, 0.3) is 5.82 Å². The van der Waals surface area contributed by atoms with Crippen LogP contribution >= 0.6 is 0 Å². The number of carbonyl (C=O) groups is 1. The highest BCUT2D eigenvalue weighted by molar-refractivity contribution is 5.97. The third-order valence-corrected chi connectivity index (χ3v) is 4.28. The maximum Gasteiger partial charge on any atom is 0.255 e. The molecule has 2 heterocycles. The lowest BCUT2D eigenvalue weighted by Gasteiger charge is -2.31. The molecule has 6 heteroatoms. The normalized spacial score (nSPS) is 13.4. The van der Waals surface area contributed by atoms with Crippen molar-refractivity contribution in [3.05, 3.63) is 78.2 Å². The summed E-state index contributed by atoms with van der Waals surface area (Å²) in [6.45, 7) is 2.01. The molecule has 0 fully saturated rings. The van der Waals surface area contributed by atoms with Gasteiger partial charge in [-0.25, -0.2) is 9.67 Å². The monoisotopic (exact) mass is 349 g/mol. The van der Waals surface area contributed by atoms with Crippen molar-refractivity contribution in [1.82, 2.24) is 25.0 Å². The highest BCUT2D eigenvalue weighted by Gasteiger charge is 2.24. The lowest BCUT2D eigenvalue weighted by atomic mass is 9.99. The smallest absolute Gasteiger partial charge is 0.255 e. The predicted octanol–water partition coefficient (Wildman–Crippen LogP) is 2.69. The summed E-state index contributed by atoms with van der Waals surface area (Å²) in [4.78, 5) is 19.3. The number of benzene rings is 1. The summed E-state index contributed by atoms with van der Waals surface area (Å²) in [5, 5.41) is 7.30. The molecule has 1 aromatic carbocycles. The molecule has 3 rings (SSSR count). The topological polar surface area (TPSA) is 63.1 Å². The Morgan fingerprint density at radius 1 is 1.08 bits per heavy atom. The molecule has 0 saturated heterocycles. The fourth-order valence-electron chi connectivity index (χ4n) is 3.20. The molecule has 6 nitrogen and oxygen atoms in total. The molecule has 134 valence electrons. The molecule has 0 bridgehead atoms. The number of hydrogen-bond acceptors (Lipinski definition) is 4. The first-order valence-corrected chi connectivity index (χ1v) is 8.55. The summed E-state index contributed by atoms with van der Waals surface area (Å²) < 4.78 is 1.60. The number of carbonyl (C=O) groups excluding carboxylic acids is 1. The Balaban J connectivity index is 1.84. The Morgan fingerprint density at radius 3 is 2.50 bits per heavy atom. The molecule has 2 unspecified atom stereocenters. The van der Waals surface area contributed by atoms with Crippen LogP contribution < -0.4 is 5.32 Å². The van der Waals surface area contributed by atoms with Gasteiger partial charge >= 0.3 is 0 Å². The maximum absolute atomic E-state index is 12.9. The van der Waals surface area contributed by atoms with E-state index in [1.165, 1.54) is 0 Å². The fraction of sp³-hybridized carbons (Fsp3) is 0.250. The van der Waals surface area contributed by atoms with E-state index in [0.29, 0.717) is 11.4 Å². The Hall–Kier alpha value is -2.99. The minimum atomic E-state index is -0.168. The molecule has 0 radical (unpaired) electrons. The summed E-state index contributed by atoms with van der Waals surface area (Å²) in [5.74, 6) is 0.349. The molecular formula is C20H23N5O. The van der Waals surface area contributed by atoms with Crippen molar-refractivity contribution in [2.45, 2.75) is 19.0 Å². The summed E-state index contributed by atoms with van der Waals surface area (Å²) in [6, 6.07) is 15.5. The van der Waals surface area contributed by atoms with Crippen LogP contribution in [0.2, 0.25) is 0 Å². The van der Waals surface area contributed by atoms with Crippen molar-refractivity contribution >= 4 is 5.91 Å². The molecule has 0 aliphatic heterocycles. The minimum Gasteiger partial charge on any atom is -0.348 e. The van der Waals surface area contributed by atoms with Crippen LogP contribution in [0.4, 0.5) is 0 Å². The zero-order valence-electron chi connectivity index (χ0n) is 15.2. The molecule has 26 heavy (non-hydrogen) atoms. The highest BCUT2D eigenvalue weighted by atomic mass is 16.1. The highest BCUT2D eigenvalue weighted by Crippen LogP contribution is 2.22. The van der Waals surface area contributed by atoms with E-state index in [2.05, 4.69) is 32.4 Å². The van der Waals surface area contributed by atoms with Crippen LogP contribution in [0.3, 0.4) is 0 Å². The van der Waals surface area contributed by atoms with Gasteiger partial charge in [0.25, 0.3) is 5.91 Å². The first-order valence-electron chi connectivity index (χ1n) is 8.55. The second kappa shape index (κ2) is 7.93. The van der Waals surface area contributed by atoms with Crippen LogP contribution in [-0.2, 0) is 0 Å². The Labute approximate surface area is 153 Å². The standard InChI is InChI=1S/C20H23N5O/c1-15(18(24(2)3)16-9-5-4-6-10-16)23-20(26)17-11-7-12-21-19(17)25-14-8-13-22-25/h4-15,18H,1-3H3,(H,23,26). The van der Waals surface area contributed by atoms with Gasteiger partial charge < -0.3 is 10.2 Å². The quantitative estimate of drug-likeness (QED) is 0.743. The van der Waals surface area contributed by atoms with Crippen LogP contribution in [0, 0.1) is 0 Å². The molecule has 2 aromatic heterocycles. The number of rotatable bonds is 6. The number of hydrogen-bond donors (Lipinski definition) is 1. The SMILES string of the molecule is CC(NC(=O)c1cccnc1-n1cccn1)C(c1ccccc1)N(C)C. The average Bonchev–Trinajstić information content (AvgIpc) is 3.17. The number of nitrogens with zero attached hydrogens (tertiary/aromatic N) is 4. The average molecular weight is 349 g/mol. The zero-order chi connectivity index (χ0) is 18.5. The van der Waals surface area contributed by atoms with Gasteiger partial charge in [0.15, 0.2) is 5.82 Å². The van der Waals surface area contributed by atoms with E-state index in [-0.39, 0.29) is 18.0 Å². The molecule has 1 N–H and O–H groups in total. The number of likely N-dealkylation sites (N-methyl/N-ethyl adjacent to an activating group) is 1. The Morgan fingerprint density at radius 2 is 1.85 bits per heavy atom. The van der Waals surface area contributed by atoms with E-state index in [1.807, 2.05) is 39.2 Å². The third kappa shape index (κ3) is 3.81. The third-order valence-electron chi connectivity index (χ3n) is 4.28. The largest absolute Gasteiger partial charge is 0.348 e. The number of amides is 1. The van der Waals surface area contributed by atoms with Gasteiger partial charge in [-0.2, -0.15) is 5.10 Å². The lowest BCUT2D eigenvalue weighted by molar-refractivity contribution is 0.0915. The van der Waals surface area contributed by atoms with E-state index < -0.39 is 0 Å². The first kappa shape index (κ1) is 17.8. The maximum atomic E-state index is 12.9. The fourth-order valence-corrected chi connectivity index (χ4v) is 3.20. The van der Waals surface area contributed by atoms with Crippen molar-refractivity contribution in [2.75, 3.05) is 14.1 Å². The van der Waals surface area contributed by atoms with Crippen LogP contribution in [0.1, 0.15) is 28.9 Å².